The molecule has 21 heavy (non-hydrogen) atoms. The van der Waals surface area contributed by atoms with Crippen LogP contribution in [-0.4, -0.2) is 42.7 Å². The van der Waals surface area contributed by atoms with E-state index in [0.717, 1.165) is 38.4 Å². The lowest BCUT2D eigenvalue weighted by Crippen LogP contribution is -2.45. The standard InChI is InChI=1S/C16H22N2OS2/c19-15(14-12-1-9-20-13(12)2-10-21-14)18-7-4-16(5-8-18)3-6-17-11-16/h1,9,14,17H,2-8,10-11H2. The highest BCUT2D eigenvalue weighted by molar-refractivity contribution is 8.00. The maximum Gasteiger partial charge on any atom is 0.240 e. The Morgan fingerprint density at radius 2 is 2.19 bits per heavy atom. The zero-order chi connectivity index (χ0) is 14.3. The molecule has 1 aromatic rings. The Balaban J connectivity index is 1.45. The Morgan fingerprint density at radius 3 is 2.95 bits per heavy atom. The van der Waals surface area contributed by atoms with E-state index in [-0.39, 0.29) is 5.25 Å². The van der Waals surface area contributed by atoms with Crippen molar-refractivity contribution in [3.63, 3.8) is 0 Å². The van der Waals surface area contributed by atoms with Crippen LogP contribution in [-0.2, 0) is 11.2 Å². The number of carbonyl (C=O) groups excluding carboxylic acids is 1. The number of piperidine rings is 1. The lowest BCUT2D eigenvalue weighted by molar-refractivity contribution is -0.132. The van der Waals surface area contributed by atoms with Gasteiger partial charge in [0, 0.05) is 24.5 Å². The van der Waals surface area contributed by atoms with Crippen LogP contribution in [0.15, 0.2) is 11.4 Å². The Bertz CT molecular complexity index is 526. The molecule has 114 valence electrons. The third-order valence-electron chi connectivity index (χ3n) is 5.37. The van der Waals surface area contributed by atoms with Crippen LogP contribution in [0.4, 0.5) is 0 Å². The maximum atomic E-state index is 12.9. The number of carbonyl (C=O) groups is 1. The van der Waals surface area contributed by atoms with Crippen molar-refractivity contribution in [3.05, 3.63) is 21.9 Å². The summed E-state index contributed by atoms with van der Waals surface area (Å²) in [6, 6.07) is 2.17. The van der Waals surface area contributed by atoms with Gasteiger partial charge in [-0.05, 0) is 60.4 Å². The van der Waals surface area contributed by atoms with Crippen LogP contribution in [0.25, 0.3) is 0 Å². The highest BCUT2D eigenvalue weighted by Crippen LogP contribution is 2.42. The van der Waals surface area contributed by atoms with Crippen molar-refractivity contribution in [1.82, 2.24) is 10.2 Å². The highest BCUT2D eigenvalue weighted by Gasteiger charge is 2.40. The first-order valence-corrected chi connectivity index (χ1v) is 9.88. The molecule has 4 rings (SSSR count). The summed E-state index contributed by atoms with van der Waals surface area (Å²) in [6.07, 6.45) is 4.79. The fourth-order valence-corrected chi connectivity index (χ4v) is 6.31. The van der Waals surface area contributed by atoms with Crippen molar-refractivity contribution in [2.45, 2.75) is 30.9 Å². The van der Waals surface area contributed by atoms with E-state index < -0.39 is 0 Å². The van der Waals surface area contributed by atoms with Gasteiger partial charge >= 0.3 is 0 Å². The summed E-state index contributed by atoms with van der Waals surface area (Å²) >= 11 is 3.66. The van der Waals surface area contributed by atoms with Gasteiger partial charge in [0.15, 0.2) is 0 Å². The fourth-order valence-electron chi connectivity index (χ4n) is 3.94. The smallest absolute Gasteiger partial charge is 0.240 e. The molecule has 1 atom stereocenters. The van der Waals surface area contributed by atoms with Gasteiger partial charge in [-0.15, -0.1) is 23.1 Å². The second-order valence-corrected chi connectivity index (χ2v) is 8.77. The Labute approximate surface area is 134 Å². The fraction of sp³-hybridized carbons (Fsp3) is 0.688. The summed E-state index contributed by atoms with van der Waals surface area (Å²) in [5.41, 5.74) is 1.79. The van der Waals surface area contributed by atoms with Gasteiger partial charge in [0.25, 0.3) is 0 Å². The van der Waals surface area contributed by atoms with E-state index in [1.54, 1.807) is 0 Å². The number of fused-ring (bicyclic) bond motifs is 1. The second-order valence-electron chi connectivity index (χ2n) is 6.55. The number of likely N-dealkylation sites (tertiary alicyclic amines) is 1. The SMILES string of the molecule is O=C(C1SCCc2sccc21)N1CCC2(CCNC2)CC1. The van der Waals surface area contributed by atoms with Crippen LogP contribution in [0, 0.1) is 5.41 Å². The minimum atomic E-state index is 0.0655. The molecule has 3 nitrogen and oxygen atoms in total. The zero-order valence-electron chi connectivity index (χ0n) is 12.3. The zero-order valence-corrected chi connectivity index (χ0v) is 13.9. The van der Waals surface area contributed by atoms with Gasteiger partial charge in [0.1, 0.15) is 5.25 Å². The summed E-state index contributed by atoms with van der Waals surface area (Å²) in [5.74, 6) is 1.45. The quantitative estimate of drug-likeness (QED) is 0.863. The predicted molar refractivity (Wildman–Crippen MR) is 89.0 cm³/mol. The van der Waals surface area contributed by atoms with Crippen LogP contribution in [0.3, 0.4) is 0 Å². The molecule has 1 aromatic heterocycles. The molecule has 3 aliphatic heterocycles. The predicted octanol–water partition coefficient (Wildman–Crippen LogP) is 2.68. The summed E-state index contributed by atoms with van der Waals surface area (Å²) < 4.78 is 0. The molecule has 5 heteroatoms. The topological polar surface area (TPSA) is 32.3 Å². The maximum absolute atomic E-state index is 12.9. The summed E-state index contributed by atoms with van der Waals surface area (Å²) in [6.45, 7) is 4.22. The van der Waals surface area contributed by atoms with Crippen LogP contribution in [0.1, 0.15) is 35.0 Å². The van der Waals surface area contributed by atoms with E-state index in [2.05, 4.69) is 21.7 Å². The molecule has 3 aliphatic rings. The van der Waals surface area contributed by atoms with Crippen molar-refractivity contribution >= 4 is 29.0 Å². The van der Waals surface area contributed by atoms with Gasteiger partial charge in [0.2, 0.25) is 5.91 Å². The molecule has 1 spiro atoms. The highest BCUT2D eigenvalue weighted by atomic mass is 32.2. The second kappa shape index (κ2) is 5.60. The van der Waals surface area contributed by atoms with Gasteiger partial charge < -0.3 is 10.2 Å². The molecule has 4 heterocycles. The van der Waals surface area contributed by atoms with Crippen molar-refractivity contribution in [3.8, 4) is 0 Å². The molecule has 0 bridgehead atoms. The van der Waals surface area contributed by atoms with E-state index in [4.69, 9.17) is 0 Å². The average molecular weight is 322 g/mol. The third kappa shape index (κ3) is 2.53. The molecule has 0 radical (unpaired) electrons. The molecule has 0 aromatic carbocycles. The molecular formula is C16H22N2OS2. The number of nitrogens with zero attached hydrogens (tertiary/aromatic N) is 1. The largest absolute Gasteiger partial charge is 0.341 e. The van der Waals surface area contributed by atoms with E-state index in [9.17, 15) is 4.79 Å². The number of aryl methyl sites for hydroxylation is 1. The summed E-state index contributed by atoms with van der Waals surface area (Å²) in [5, 5.41) is 5.70. The Morgan fingerprint density at radius 1 is 1.33 bits per heavy atom. The van der Waals surface area contributed by atoms with E-state index in [0.29, 0.717) is 11.3 Å². The normalized spacial score (nSPS) is 27.8. The van der Waals surface area contributed by atoms with Gasteiger partial charge in [-0.1, -0.05) is 0 Å². The molecule has 0 saturated carbocycles. The van der Waals surface area contributed by atoms with Crippen LogP contribution >= 0.6 is 23.1 Å². The number of thiophene rings is 1. The van der Waals surface area contributed by atoms with Crippen molar-refractivity contribution in [1.29, 1.82) is 0 Å². The van der Waals surface area contributed by atoms with E-state index in [1.807, 2.05) is 23.1 Å². The lowest BCUT2D eigenvalue weighted by Gasteiger charge is -2.40. The number of hydrogen-bond acceptors (Lipinski definition) is 4. The minimum Gasteiger partial charge on any atom is -0.341 e. The van der Waals surface area contributed by atoms with Crippen LogP contribution in [0.2, 0.25) is 0 Å². The van der Waals surface area contributed by atoms with Crippen molar-refractivity contribution in [2.24, 2.45) is 5.41 Å². The van der Waals surface area contributed by atoms with E-state index in [1.165, 1.54) is 29.7 Å². The molecular weight excluding hydrogens is 300 g/mol. The minimum absolute atomic E-state index is 0.0655. The third-order valence-corrected chi connectivity index (χ3v) is 7.59. The Kier molecular flexibility index (Phi) is 3.76. The summed E-state index contributed by atoms with van der Waals surface area (Å²) in [4.78, 5) is 16.5. The summed E-state index contributed by atoms with van der Waals surface area (Å²) in [7, 11) is 0. The van der Waals surface area contributed by atoms with Gasteiger partial charge in [0.05, 0.1) is 0 Å². The molecule has 1 unspecified atom stereocenters. The Hall–Kier alpha value is -0.520. The van der Waals surface area contributed by atoms with Gasteiger partial charge in [-0.2, -0.15) is 0 Å². The average Bonchev–Trinajstić information content (AvgIpc) is 3.16. The number of hydrogen-bond donors (Lipinski definition) is 1. The number of rotatable bonds is 1. The lowest BCUT2D eigenvalue weighted by atomic mass is 9.78. The molecule has 1 N–H and O–H groups in total. The van der Waals surface area contributed by atoms with E-state index >= 15 is 0 Å². The van der Waals surface area contributed by atoms with Crippen molar-refractivity contribution < 1.29 is 4.79 Å². The number of amides is 1. The first-order chi connectivity index (χ1) is 10.3. The molecule has 0 aliphatic carbocycles. The first-order valence-electron chi connectivity index (χ1n) is 7.95. The first kappa shape index (κ1) is 14.1. The number of nitrogens with one attached hydrogen (secondary N) is 1. The van der Waals surface area contributed by atoms with Crippen molar-refractivity contribution in [2.75, 3.05) is 31.9 Å². The molecule has 2 fully saturated rings. The van der Waals surface area contributed by atoms with Crippen LogP contribution < -0.4 is 5.32 Å². The van der Waals surface area contributed by atoms with Crippen LogP contribution in [0.5, 0.6) is 0 Å². The molecule has 1 amide bonds. The van der Waals surface area contributed by atoms with Gasteiger partial charge in [-0.3, -0.25) is 4.79 Å². The monoisotopic (exact) mass is 322 g/mol. The molecule has 2 saturated heterocycles. The van der Waals surface area contributed by atoms with Gasteiger partial charge in [-0.25, -0.2) is 0 Å². The number of thioether (sulfide) groups is 1.